The smallest absolute Gasteiger partial charge is 0.253 e. The highest BCUT2D eigenvalue weighted by molar-refractivity contribution is 6.30. The molecule has 134 valence electrons. The molecule has 0 saturated heterocycles. The summed E-state index contributed by atoms with van der Waals surface area (Å²) < 4.78 is 0. The van der Waals surface area contributed by atoms with E-state index < -0.39 is 0 Å². The fourth-order valence-corrected chi connectivity index (χ4v) is 3.28. The Morgan fingerprint density at radius 3 is 2.52 bits per heavy atom. The van der Waals surface area contributed by atoms with E-state index in [1.165, 1.54) is 0 Å². The standard InChI is InChI=1S/C21H17ClN4O/c1-26(2)21(27)14-8-6-13(7-9-14)17-10-11-23-20-18(17)19(24-25-20)15-4-3-5-16(22)12-15/h3-12H,1-2H3,(H,23,24,25). The van der Waals surface area contributed by atoms with Crippen molar-refractivity contribution >= 4 is 28.5 Å². The van der Waals surface area contributed by atoms with Gasteiger partial charge in [-0.05, 0) is 41.5 Å². The Morgan fingerprint density at radius 1 is 1.04 bits per heavy atom. The van der Waals surface area contributed by atoms with Crippen molar-refractivity contribution < 1.29 is 4.79 Å². The molecule has 0 aliphatic carbocycles. The molecule has 0 saturated carbocycles. The molecule has 4 aromatic rings. The maximum Gasteiger partial charge on any atom is 0.253 e. The van der Waals surface area contributed by atoms with Crippen molar-refractivity contribution in [2.45, 2.75) is 0 Å². The van der Waals surface area contributed by atoms with Gasteiger partial charge in [0.1, 0.15) is 0 Å². The van der Waals surface area contributed by atoms with Gasteiger partial charge in [0, 0.05) is 36.4 Å². The second-order valence-electron chi connectivity index (χ2n) is 6.44. The summed E-state index contributed by atoms with van der Waals surface area (Å²) in [6.45, 7) is 0. The first-order valence-electron chi connectivity index (χ1n) is 8.45. The van der Waals surface area contributed by atoms with Gasteiger partial charge < -0.3 is 4.90 Å². The zero-order valence-corrected chi connectivity index (χ0v) is 15.7. The van der Waals surface area contributed by atoms with Crippen LogP contribution in [0.4, 0.5) is 0 Å². The van der Waals surface area contributed by atoms with Crippen molar-refractivity contribution in [3.63, 3.8) is 0 Å². The van der Waals surface area contributed by atoms with Crippen LogP contribution < -0.4 is 0 Å². The van der Waals surface area contributed by atoms with Crippen molar-refractivity contribution in [3.05, 3.63) is 71.4 Å². The number of hydrogen-bond donors (Lipinski definition) is 1. The number of hydrogen-bond acceptors (Lipinski definition) is 3. The third-order valence-electron chi connectivity index (χ3n) is 4.42. The van der Waals surface area contributed by atoms with E-state index in [0.29, 0.717) is 16.2 Å². The van der Waals surface area contributed by atoms with Crippen LogP contribution in [-0.4, -0.2) is 40.1 Å². The van der Waals surface area contributed by atoms with E-state index in [-0.39, 0.29) is 5.91 Å². The predicted octanol–water partition coefficient (Wildman–Crippen LogP) is 4.65. The average Bonchev–Trinajstić information content (AvgIpc) is 3.12. The van der Waals surface area contributed by atoms with Crippen molar-refractivity contribution in [1.82, 2.24) is 20.1 Å². The lowest BCUT2D eigenvalue weighted by Crippen LogP contribution is -2.21. The minimum atomic E-state index is -0.0237. The second kappa shape index (κ2) is 6.85. The number of aromatic nitrogens is 3. The number of carbonyl (C=O) groups is 1. The lowest BCUT2D eigenvalue weighted by Gasteiger charge is -2.11. The van der Waals surface area contributed by atoms with Gasteiger partial charge in [-0.2, -0.15) is 5.10 Å². The van der Waals surface area contributed by atoms with Gasteiger partial charge in [0.05, 0.1) is 11.1 Å². The van der Waals surface area contributed by atoms with E-state index in [4.69, 9.17) is 11.6 Å². The topological polar surface area (TPSA) is 61.9 Å². The van der Waals surface area contributed by atoms with Gasteiger partial charge in [0.2, 0.25) is 0 Å². The number of pyridine rings is 1. The molecule has 0 aliphatic heterocycles. The lowest BCUT2D eigenvalue weighted by atomic mass is 9.98. The van der Waals surface area contributed by atoms with Crippen molar-refractivity contribution in [2.24, 2.45) is 0 Å². The molecule has 0 unspecified atom stereocenters. The fourth-order valence-electron chi connectivity index (χ4n) is 3.09. The summed E-state index contributed by atoms with van der Waals surface area (Å²) in [5, 5.41) is 9.00. The van der Waals surface area contributed by atoms with Crippen molar-refractivity contribution in [2.75, 3.05) is 14.1 Å². The van der Waals surface area contributed by atoms with E-state index in [1.807, 2.05) is 54.6 Å². The molecule has 0 atom stereocenters. The maximum atomic E-state index is 12.1. The Morgan fingerprint density at radius 2 is 1.81 bits per heavy atom. The van der Waals surface area contributed by atoms with Gasteiger partial charge in [-0.3, -0.25) is 9.89 Å². The van der Waals surface area contributed by atoms with Gasteiger partial charge in [-0.15, -0.1) is 0 Å². The summed E-state index contributed by atoms with van der Waals surface area (Å²) in [5.74, 6) is -0.0237. The third-order valence-corrected chi connectivity index (χ3v) is 4.65. The number of benzene rings is 2. The second-order valence-corrected chi connectivity index (χ2v) is 6.88. The summed E-state index contributed by atoms with van der Waals surface area (Å²) >= 11 is 6.16. The van der Waals surface area contributed by atoms with E-state index in [2.05, 4.69) is 15.2 Å². The van der Waals surface area contributed by atoms with E-state index >= 15 is 0 Å². The molecular formula is C21H17ClN4O. The van der Waals surface area contributed by atoms with Crippen LogP contribution in [-0.2, 0) is 0 Å². The number of nitrogens with zero attached hydrogens (tertiary/aromatic N) is 3. The quantitative estimate of drug-likeness (QED) is 0.566. The van der Waals surface area contributed by atoms with Crippen LogP contribution in [0.5, 0.6) is 0 Å². The van der Waals surface area contributed by atoms with Crippen LogP contribution >= 0.6 is 11.6 Å². The minimum Gasteiger partial charge on any atom is -0.345 e. The van der Waals surface area contributed by atoms with E-state index in [0.717, 1.165) is 27.8 Å². The first-order valence-corrected chi connectivity index (χ1v) is 8.83. The van der Waals surface area contributed by atoms with Crippen molar-refractivity contribution in [3.8, 4) is 22.4 Å². The normalized spacial score (nSPS) is 10.9. The molecular weight excluding hydrogens is 360 g/mol. The Bertz CT molecular complexity index is 1130. The largest absolute Gasteiger partial charge is 0.345 e. The molecule has 2 aromatic heterocycles. The molecule has 0 fully saturated rings. The number of carbonyl (C=O) groups excluding carboxylic acids is 1. The van der Waals surface area contributed by atoms with Crippen LogP contribution in [0.2, 0.25) is 5.02 Å². The first-order chi connectivity index (χ1) is 13.0. The highest BCUT2D eigenvalue weighted by Gasteiger charge is 2.15. The Balaban J connectivity index is 1.85. The number of halogens is 1. The minimum absolute atomic E-state index is 0.0237. The average molecular weight is 377 g/mol. The number of aromatic amines is 1. The van der Waals surface area contributed by atoms with Crippen LogP contribution in [0.1, 0.15) is 10.4 Å². The van der Waals surface area contributed by atoms with Gasteiger partial charge in [-0.25, -0.2) is 4.98 Å². The molecule has 0 radical (unpaired) electrons. The monoisotopic (exact) mass is 376 g/mol. The first kappa shape index (κ1) is 17.2. The number of nitrogens with one attached hydrogen (secondary N) is 1. The van der Waals surface area contributed by atoms with Gasteiger partial charge in [0.25, 0.3) is 5.91 Å². The zero-order valence-electron chi connectivity index (χ0n) is 14.9. The Hall–Kier alpha value is -3.18. The molecule has 27 heavy (non-hydrogen) atoms. The van der Waals surface area contributed by atoms with E-state index in [1.54, 1.807) is 25.2 Å². The summed E-state index contributed by atoms with van der Waals surface area (Å²) in [4.78, 5) is 18.1. The SMILES string of the molecule is CN(C)C(=O)c1ccc(-c2ccnc3n[nH]c(-c4cccc(Cl)c4)c23)cc1. The van der Waals surface area contributed by atoms with Crippen LogP contribution in [0.25, 0.3) is 33.4 Å². The number of amides is 1. The van der Waals surface area contributed by atoms with Crippen LogP contribution in [0.3, 0.4) is 0 Å². The molecule has 6 heteroatoms. The lowest BCUT2D eigenvalue weighted by molar-refractivity contribution is 0.0827. The van der Waals surface area contributed by atoms with Gasteiger partial charge in [0.15, 0.2) is 5.65 Å². The summed E-state index contributed by atoms with van der Waals surface area (Å²) in [7, 11) is 3.48. The van der Waals surface area contributed by atoms with Crippen LogP contribution in [0, 0.1) is 0 Å². The summed E-state index contributed by atoms with van der Waals surface area (Å²) in [6, 6.07) is 17.1. The Kier molecular flexibility index (Phi) is 4.38. The number of fused-ring (bicyclic) bond motifs is 1. The Labute approximate surface area is 161 Å². The predicted molar refractivity (Wildman–Crippen MR) is 108 cm³/mol. The van der Waals surface area contributed by atoms with Crippen molar-refractivity contribution in [1.29, 1.82) is 0 Å². The maximum absolute atomic E-state index is 12.1. The summed E-state index contributed by atoms with van der Waals surface area (Å²) in [5.41, 5.74) is 5.07. The number of H-pyrrole nitrogens is 1. The summed E-state index contributed by atoms with van der Waals surface area (Å²) in [6.07, 6.45) is 1.74. The molecule has 1 N–H and O–H groups in total. The molecule has 4 rings (SSSR count). The highest BCUT2D eigenvalue weighted by Crippen LogP contribution is 2.34. The fraction of sp³-hybridized carbons (Fsp3) is 0.0952. The molecule has 0 aliphatic rings. The highest BCUT2D eigenvalue weighted by atomic mass is 35.5. The molecule has 1 amide bonds. The third kappa shape index (κ3) is 3.17. The molecule has 0 spiro atoms. The van der Waals surface area contributed by atoms with Gasteiger partial charge >= 0.3 is 0 Å². The number of rotatable bonds is 3. The molecule has 5 nitrogen and oxygen atoms in total. The molecule has 0 bridgehead atoms. The van der Waals surface area contributed by atoms with Crippen LogP contribution in [0.15, 0.2) is 60.8 Å². The van der Waals surface area contributed by atoms with E-state index in [9.17, 15) is 4.79 Å². The molecule has 2 aromatic carbocycles. The zero-order chi connectivity index (χ0) is 19.0. The molecule has 2 heterocycles. The van der Waals surface area contributed by atoms with Gasteiger partial charge in [-0.1, -0.05) is 35.9 Å².